The van der Waals surface area contributed by atoms with E-state index < -0.39 is 64.1 Å². The van der Waals surface area contributed by atoms with Crippen molar-refractivity contribution >= 4 is 17.6 Å². The Balaban J connectivity index is 1.74. The number of aromatic hydroxyl groups is 1. The molecule has 0 atom stereocenters. The molecule has 36 heavy (non-hydrogen) atoms. The molecule has 2 bridgehead atoms. The monoisotopic (exact) mass is 502 g/mol. The molecule has 0 radical (unpaired) electrons. The van der Waals surface area contributed by atoms with Gasteiger partial charge in [0, 0.05) is 18.0 Å². The molecule has 0 spiro atoms. The van der Waals surface area contributed by atoms with Crippen molar-refractivity contribution in [3.05, 3.63) is 57.0 Å². The molecule has 3 N–H and O–H groups in total. The summed E-state index contributed by atoms with van der Waals surface area (Å²) < 4.78 is 30.7. The number of benzene rings is 1. The average molecular weight is 503 g/mol. The lowest BCUT2D eigenvalue weighted by atomic mass is 9.75. The van der Waals surface area contributed by atoms with Crippen LogP contribution in [0.4, 0.5) is 8.78 Å². The van der Waals surface area contributed by atoms with Crippen LogP contribution in [-0.2, 0) is 28.2 Å². The summed E-state index contributed by atoms with van der Waals surface area (Å²) in [6.07, 6.45) is 0.0720. The number of Topliss-reactive ketones (excluding diaryl/α,β-unsaturated/α-hetero) is 1. The highest BCUT2D eigenvalue weighted by Crippen LogP contribution is 2.46. The van der Waals surface area contributed by atoms with Gasteiger partial charge in [-0.25, -0.2) is 13.8 Å². The number of amides is 2. The van der Waals surface area contributed by atoms with E-state index in [1.165, 1.54) is 6.07 Å². The summed E-state index contributed by atoms with van der Waals surface area (Å²) in [6.45, 7) is 4.06. The number of hydrogen-bond acceptors (Lipinski definition) is 6. The highest BCUT2D eigenvalue weighted by molar-refractivity contribution is 6.36. The van der Waals surface area contributed by atoms with Gasteiger partial charge in [0.05, 0.1) is 12.1 Å². The van der Waals surface area contributed by atoms with Crippen molar-refractivity contribution in [3.63, 3.8) is 0 Å². The maximum absolute atomic E-state index is 15.5. The predicted octanol–water partition coefficient (Wildman–Crippen LogP) is 2.16. The quantitative estimate of drug-likeness (QED) is 0.519. The van der Waals surface area contributed by atoms with E-state index in [1.54, 1.807) is 32.9 Å². The number of carbonyl (C=O) groups is 3. The van der Waals surface area contributed by atoms with Gasteiger partial charge in [-0.05, 0) is 38.2 Å². The van der Waals surface area contributed by atoms with E-state index in [4.69, 9.17) is 0 Å². The first-order valence-electron chi connectivity index (χ1n) is 11.8. The smallest absolute Gasteiger partial charge is 0.296 e. The van der Waals surface area contributed by atoms with Gasteiger partial charge in [-0.15, -0.1) is 0 Å². The van der Waals surface area contributed by atoms with E-state index in [0.29, 0.717) is 5.56 Å². The van der Waals surface area contributed by atoms with Crippen molar-refractivity contribution in [2.45, 2.75) is 70.8 Å². The molecule has 2 aliphatic heterocycles. The molecule has 9 nitrogen and oxygen atoms in total. The first-order valence-corrected chi connectivity index (χ1v) is 11.8. The summed E-state index contributed by atoms with van der Waals surface area (Å²) in [4.78, 5) is 55.3. The fourth-order valence-electron chi connectivity index (χ4n) is 4.83. The molecule has 192 valence electrons. The number of aryl methyl sites for hydroxylation is 1. The number of nitrogens with zero attached hydrogens (tertiary/aromatic N) is 2. The Morgan fingerprint density at radius 2 is 1.86 bits per heavy atom. The summed E-state index contributed by atoms with van der Waals surface area (Å²) in [7, 11) is 0. The highest BCUT2D eigenvalue weighted by atomic mass is 19.1. The Morgan fingerprint density at radius 1 is 1.19 bits per heavy atom. The minimum atomic E-state index is -1.77. The molecular weight excluding hydrogens is 474 g/mol. The van der Waals surface area contributed by atoms with Crippen LogP contribution < -0.4 is 16.2 Å². The van der Waals surface area contributed by atoms with Gasteiger partial charge in [-0.2, -0.15) is 0 Å². The number of fused-ring (bicyclic) bond motifs is 2. The Bertz CT molecular complexity index is 1310. The second kappa shape index (κ2) is 9.11. The number of aromatic nitrogens is 2. The lowest BCUT2D eigenvalue weighted by Gasteiger charge is -2.38. The number of alkyl halides is 1. The third kappa shape index (κ3) is 4.38. The first kappa shape index (κ1) is 25.5. The Hall–Kier alpha value is -3.63. The number of ketones is 1. The van der Waals surface area contributed by atoms with Gasteiger partial charge in [0.1, 0.15) is 17.3 Å². The van der Waals surface area contributed by atoms with Crippen molar-refractivity contribution in [2.75, 3.05) is 0 Å². The van der Waals surface area contributed by atoms with Crippen LogP contribution in [0, 0.1) is 18.7 Å². The van der Waals surface area contributed by atoms with Crippen LogP contribution >= 0.6 is 0 Å². The molecule has 2 amide bonds. The van der Waals surface area contributed by atoms with Crippen LogP contribution in [0.3, 0.4) is 0 Å². The van der Waals surface area contributed by atoms with E-state index in [-0.39, 0.29) is 43.6 Å². The van der Waals surface area contributed by atoms with E-state index in [0.717, 1.165) is 4.57 Å². The number of halogens is 2. The minimum Gasteiger partial charge on any atom is -0.501 e. The molecule has 11 heteroatoms. The summed E-state index contributed by atoms with van der Waals surface area (Å²) in [5, 5.41) is 15.6. The number of hydrogen-bond donors (Lipinski definition) is 3. The average Bonchev–Trinajstić information content (AvgIpc) is 3.03. The molecule has 1 aromatic carbocycles. The maximum Gasteiger partial charge on any atom is 0.296 e. The second-order valence-electron chi connectivity index (χ2n) is 9.96. The fourth-order valence-corrected chi connectivity index (χ4v) is 4.83. The minimum absolute atomic E-state index is 0.0130. The topological polar surface area (TPSA) is 130 Å². The van der Waals surface area contributed by atoms with Gasteiger partial charge in [0.2, 0.25) is 11.5 Å². The lowest BCUT2D eigenvalue weighted by molar-refractivity contribution is -0.141. The molecule has 5 rings (SSSR count). The zero-order valence-electron chi connectivity index (χ0n) is 20.3. The van der Waals surface area contributed by atoms with E-state index >= 15 is 4.39 Å². The number of nitrogens with one attached hydrogen (secondary N) is 2. The lowest BCUT2D eigenvalue weighted by Crippen LogP contribution is -2.53. The van der Waals surface area contributed by atoms with Gasteiger partial charge >= 0.3 is 0 Å². The van der Waals surface area contributed by atoms with Crippen LogP contribution in [-0.4, -0.2) is 37.9 Å². The van der Waals surface area contributed by atoms with Crippen LogP contribution in [0.5, 0.6) is 5.75 Å². The Kier molecular flexibility index (Phi) is 6.44. The van der Waals surface area contributed by atoms with Crippen molar-refractivity contribution in [2.24, 2.45) is 5.92 Å². The van der Waals surface area contributed by atoms with Crippen molar-refractivity contribution in [3.8, 4) is 5.75 Å². The molecule has 0 unspecified atom stereocenters. The second-order valence-corrected chi connectivity index (χ2v) is 9.96. The molecular formula is C25H28F2N4O5. The van der Waals surface area contributed by atoms with Crippen LogP contribution in [0.1, 0.15) is 67.0 Å². The standard InChI is InChI=1S/C25H28F2N4O5/c1-13(2)18(32)21(35)30-25-9-7-24(27,8-10-25)12-31-22(36)19(33)17(29-23(25)31)20(34)28-11-15-6-4-5-14(3)16(15)26/h4-6,13,33H,7-12H2,1-3H3,(H,28,34)(H,30,35). The maximum atomic E-state index is 15.5. The molecule has 2 aromatic rings. The fraction of sp³-hybridized carbons (Fsp3) is 0.480. The molecule has 1 aromatic heterocycles. The van der Waals surface area contributed by atoms with Crippen molar-refractivity contribution in [1.82, 2.24) is 20.2 Å². The molecule has 3 aliphatic rings. The summed E-state index contributed by atoms with van der Waals surface area (Å²) in [5.41, 5.74) is -4.23. The van der Waals surface area contributed by atoms with Gasteiger partial charge < -0.3 is 15.7 Å². The largest absolute Gasteiger partial charge is 0.501 e. The molecule has 3 heterocycles. The van der Waals surface area contributed by atoms with Crippen LogP contribution in [0.25, 0.3) is 0 Å². The van der Waals surface area contributed by atoms with E-state index in [2.05, 4.69) is 15.6 Å². The van der Waals surface area contributed by atoms with Gasteiger partial charge in [0.15, 0.2) is 5.69 Å². The van der Waals surface area contributed by atoms with E-state index in [1.807, 2.05) is 0 Å². The Labute approximate surface area is 205 Å². The Morgan fingerprint density at radius 3 is 2.50 bits per heavy atom. The number of rotatable bonds is 6. The predicted molar refractivity (Wildman–Crippen MR) is 124 cm³/mol. The molecule has 0 saturated heterocycles. The summed E-state index contributed by atoms with van der Waals surface area (Å²) in [6, 6.07) is 4.68. The number of carbonyl (C=O) groups excluding carboxylic acids is 3. The van der Waals surface area contributed by atoms with Crippen molar-refractivity contribution < 1.29 is 28.3 Å². The van der Waals surface area contributed by atoms with Gasteiger partial charge in [-0.3, -0.25) is 23.7 Å². The third-order valence-corrected chi connectivity index (χ3v) is 7.04. The van der Waals surface area contributed by atoms with Gasteiger partial charge in [0.25, 0.3) is 17.4 Å². The summed E-state index contributed by atoms with van der Waals surface area (Å²) >= 11 is 0. The molecule has 1 fully saturated rings. The molecule has 1 saturated carbocycles. The van der Waals surface area contributed by atoms with E-state index in [9.17, 15) is 28.7 Å². The van der Waals surface area contributed by atoms with Crippen LogP contribution in [0.15, 0.2) is 23.0 Å². The normalized spacial score (nSPS) is 22.6. The summed E-state index contributed by atoms with van der Waals surface area (Å²) in [5.74, 6) is -4.69. The SMILES string of the molecule is Cc1cccc(CNC(=O)c2nc3n(c(=O)c2O)CC2(F)CCC3(NC(=O)C(=O)C(C)C)CC2)c1F. The molecule has 1 aliphatic carbocycles. The highest BCUT2D eigenvalue weighted by Gasteiger charge is 2.52. The zero-order valence-corrected chi connectivity index (χ0v) is 20.3. The van der Waals surface area contributed by atoms with Crippen LogP contribution in [0.2, 0.25) is 0 Å². The third-order valence-electron chi connectivity index (χ3n) is 7.04. The zero-order chi connectivity index (χ0) is 26.4. The van der Waals surface area contributed by atoms with Crippen molar-refractivity contribution in [1.29, 1.82) is 0 Å². The first-order chi connectivity index (χ1) is 16.9. The van der Waals surface area contributed by atoms with Gasteiger partial charge in [-0.1, -0.05) is 32.0 Å².